The van der Waals surface area contributed by atoms with Crippen molar-refractivity contribution in [2.45, 2.75) is 26.4 Å². The summed E-state index contributed by atoms with van der Waals surface area (Å²) >= 11 is 0. The first kappa shape index (κ1) is 9.52. The van der Waals surface area contributed by atoms with Crippen LogP contribution in [0.4, 0.5) is 5.82 Å². The standard InChI is InChI=1S/C10H18N4/c1-3-14-10(4-5-12-14)13-7-6-11-9(2)8-13/h4-5,9,11H,3,6-8H2,1-2H3. The van der Waals surface area contributed by atoms with Crippen molar-refractivity contribution in [1.29, 1.82) is 0 Å². The minimum absolute atomic E-state index is 0.573. The predicted octanol–water partition coefficient (Wildman–Crippen LogP) is 0.701. The number of piperazine rings is 1. The quantitative estimate of drug-likeness (QED) is 0.752. The van der Waals surface area contributed by atoms with Gasteiger partial charge in [0.05, 0.1) is 6.20 Å². The number of nitrogens with one attached hydrogen (secondary N) is 1. The van der Waals surface area contributed by atoms with Crippen molar-refractivity contribution in [3.63, 3.8) is 0 Å². The number of hydrogen-bond donors (Lipinski definition) is 1. The molecule has 1 saturated heterocycles. The largest absolute Gasteiger partial charge is 0.354 e. The Kier molecular flexibility index (Phi) is 2.72. The molecular formula is C10H18N4. The Morgan fingerprint density at radius 1 is 1.64 bits per heavy atom. The third-order valence-corrected chi connectivity index (χ3v) is 2.69. The van der Waals surface area contributed by atoms with Crippen LogP contribution in [-0.4, -0.2) is 35.5 Å². The zero-order valence-corrected chi connectivity index (χ0v) is 8.90. The van der Waals surface area contributed by atoms with E-state index >= 15 is 0 Å². The fourth-order valence-corrected chi connectivity index (χ4v) is 1.98. The minimum Gasteiger partial charge on any atom is -0.354 e. The van der Waals surface area contributed by atoms with E-state index in [1.807, 2.05) is 6.20 Å². The molecule has 0 aromatic carbocycles. The molecule has 2 heterocycles. The normalized spacial score (nSPS) is 22.7. The van der Waals surface area contributed by atoms with Gasteiger partial charge < -0.3 is 10.2 Å². The highest BCUT2D eigenvalue weighted by molar-refractivity contribution is 5.39. The molecule has 1 aliphatic heterocycles. The predicted molar refractivity (Wildman–Crippen MR) is 57.6 cm³/mol. The van der Waals surface area contributed by atoms with Crippen molar-refractivity contribution in [3.05, 3.63) is 12.3 Å². The van der Waals surface area contributed by atoms with Crippen molar-refractivity contribution in [3.8, 4) is 0 Å². The van der Waals surface area contributed by atoms with Gasteiger partial charge in [-0.3, -0.25) is 4.68 Å². The second-order valence-electron chi connectivity index (χ2n) is 3.81. The summed E-state index contributed by atoms with van der Waals surface area (Å²) in [6.45, 7) is 8.51. The lowest BCUT2D eigenvalue weighted by Crippen LogP contribution is -2.49. The molecule has 14 heavy (non-hydrogen) atoms. The van der Waals surface area contributed by atoms with Gasteiger partial charge in [0.1, 0.15) is 5.82 Å². The molecule has 1 aromatic heterocycles. The van der Waals surface area contributed by atoms with Crippen LogP contribution in [0.25, 0.3) is 0 Å². The van der Waals surface area contributed by atoms with E-state index in [1.165, 1.54) is 5.82 Å². The van der Waals surface area contributed by atoms with E-state index in [0.717, 1.165) is 26.2 Å². The monoisotopic (exact) mass is 194 g/mol. The fraction of sp³-hybridized carbons (Fsp3) is 0.700. The van der Waals surface area contributed by atoms with Crippen molar-refractivity contribution >= 4 is 5.82 Å². The van der Waals surface area contributed by atoms with Crippen LogP contribution in [0.5, 0.6) is 0 Å². The molecule has 1 fully saturated rings. The van der Waals surface area contributed by atoms with Crippen molar-refractivity contribution in [2.75, 3.05) is 24.5 Å². The Balaban J connectivity index is 2.13. The topological polar surface area (TPSA) is 33.1 Å². The molecule has 0 saturated carbocycles. The average Bonchev–Trinajstić information content (AvgIpc) is 2.65. The smallest absolute Gasteiger partial charge is 0.126 e. The van der Waals surface area contributed by atoms with E-state index < -0.39 is 0 Å². The summed E-state index contributed by atoms with van der Waals surface area (Å²) in [4.78, 5) is 2.40. The number of aryl methyl sites for hydroxylation is 1. The maximum absolute atomic E-state index is 4.29. The second kappa shape index (κ2) is 4.00. The van der Waals surface area contributed by atoms with Crippen LogP contribution in [0, 0.1) is 0 Å². The van der Waals surface area contributed by atoms with Gasteiger partial charge in [-0.15, -0.1) is 0 Å². The van der Waals surface area contributed by atoms with E-state index in [-0.39, 0.29) is 0 Å². The van der Waals surface area contributed by atoms with Crippen LogP contribution < -0.4 is 10.2 Å². The van der Waals surface area contributed by atoms with Crippen LogP contribution >= 0.6 is 0 Å². The molecular weight excluding hydrogens is 176 g/mol. The van der Waals surface area contributed by atoms with Gasteiger partial charge in [0.2, 0.25) is 0 Å². The van der Waals surface area contributed by atoms with E-state index in [1.54, 1.807) is 0 Å². The Hall–Kier alpha value is -1.03. The highest BCUT2D eigenvalue weighted by Gasteiger charge is 2.18. The van der Waals surface area contributed by atoms with E-state index in [0.29, 0.717) is 6.04 Å². The van der Waals surface area contributed by atoms with E-state index in [9.17, 15) is 0 Å². The van der Waals surface area contributed by atoms with E-state index in [4.69, 9.17) is 0 Å². The van der Waals surface area contributed by atoms with Gasteiger partial charge >= 0.3 is 0 Å². The molecule has 78 valence electrons. The van der Waals surface area contributed by atoms with Crippen molar-refractivity contribution in [1.82, 2.24) is 15.1 Å². The molecule has 0 aliphatic carbocycles. The highest BCUT2D eigenvalue weighted by atomic mass is 15.4. The first-order chi connectivity index (χ1) is 6.81. The Morgan fingerprint density at radius 2 is 2.50 bits per heavy atom. The molecule has 1 aromatic rings. The second-order valence-corrected chi connectivity index (χ2v) is 3.81. The molecule has 1 aliphatic rings. The summed E-state index contributed by atoms with van der Waals surface area (Å²) in [5.41, 5.74) is 0. The number of nitrogens with zero attached hydrogens (tertiary/aromatic N) is 3. The molecule has 0 bridgehead atoms. The summed E-state index contributed by atoms with van der Waals surface area (Å²) in [6.07, 6.45) is 1.88. The Bertz CT molecular complexity index is 294. The lowest BCUT2D eigenvalue weighted by molar-refractivity contribution is 0.474. The average molecular weight is 194 g/mol. The van der Waals surface area contributed by atoms with Crippen molar-refractivity contribution < 1.29 is 0 Å². The van der Waals surface area contributed by atoms with Crippen LogP contribution in [0.3, 0.4) is 0 Å². The number of aromatic nitrogens is 2. The maximum atomic E-state index is 4.29. The Morgan fingerprint density at radius 3 is 3.21 bits per heavy atom. The minimum atomic E-state index is 0.573. The van der Waals surface area contributed by atoms with Crippen LogP contribution in [0.2, 0.25) is 0 Å². The molecule has 0 radical (unpaired) electrons. The fourth-order valence-electron chi connectivity index (χ4n) is 1.98. The molecule has 4 nitrogen and oxygen atoms in total. The van der Waals surface area contributed by atoms with Gasteiger partial charge in [0, 0.05) is 38.3 Å². The summed E-state index contributed by atoms with van der Waals surface area (Å²) in [6, 6.07) is 2.67. The molecule has 0 spiro atoms. The first-order valence-corrected chi connectivity index (χ1v) is 5.31. The lowest BCUT2D eigenvalue weighted by atomic mass is 10.2. The van der Waals surface area contributed by atoms with Gasteiger partial charge in [0.15, 0.2) is 0 Å². The number of rotatable bonds is 2. The summed E-state index contributed by atoms with van der Waals surface area (Å²) < 4.78 is 2.05. The van der Waals surface area contributed by atoms with Gasteiger partial charge in [0.25, 0.3) is 0 Å². The van der Waals surface area contributed by atoms with Gasteiger partial charge in [-0.25, -0.2) is 0 Å². The van der Waals surface area contributed by atoms with E-state index in [2.05, 4.69) is 39.9 Å². The number of hydrogen-bond acceptors (Lipinski definition) is 3. The van der Waals surface area contributed by atoms with Gasteiger partial charge in [-0.2, -0.15) is 5.10 Å². The van der Waals surface area contributed by atoms with Gasteiger partial charge in [-0.1, -0.05) is 0 Å². The highest BCUT2D eigenvalue weighted by Crippen LogP contribution is 2.14. The molecule has 1 unspecified atom stereocenters. The molecule has 0 amide bonds. The summed E-state index contributed by atoms with van der Waals surface area (Å²) in [5, 5.41) is 7.73. The summed E-state index contributed by atoms with van der Waals surface area (Å²) in [7, 11) is 0. The molecule has 2 rings (SSSR count). The third-order valence-electron chi connectivity index (χ3n) is 2.69. The van der Waals surface area contributed by atoms with Crippen LogP contribution in [0.15, 0.2) is 12.3 Å². The van der Waals surface area contributed by atoms with Gasteiger partial charge in [-0.05, 0) is 13.8 Å². The van der Waals surface area contributed by atoms with Crippen LogP contribution in [0.1, 0.15) is 13.8 Å². The van der Waals surface area contributed by atoms with Crippen molar-refractivity contribution in [2.24, 2.45) is 0 Å². The third kappa shape index (κ3) is 1.75. The zero-order chi connectivity index (χ0) is 9.97. The molecule has 1 atom stereocenters. The number of anilines is 1. The SMILES string of the molecule is CCn1nccc1N1CCNC(C)C1. The maximum Gasteiger partial charge on any atom is 0.126 e. The Labute approximate surface area is 84.9 Å². The van der Waals surface area contributed by atoms with Crippen LogP contribution in [-0.2, 0) is 6.54 Å². The first-order valence-electron chi connectivity index (χ1n) is 5.31. The molecule has 1 N–H and O–H groups in total. The zero-order valence-electron chi connectivity index (χ0n) is 8.90. The lowest BCUT2D eigenvalue weighted by Gasteiger charge is -2.33. The molecule has 4 heteroatoms. The summed E-state index contributed by atoms with van der Waals surface area (Å²) in [5.74, 6) is 1.25.